The van der Waals surface area contributed by atoms with E-state index < -0.39 is 0 Å². The van der Waals surface area contributed by atoms with E-state index in [1.165, 1.54) is 12.2 Å². The first-order valence-electron chi connectivity index (χ1n) is 9.00. The van der Waals surface area contributed by atoms with Gasteiger partial charge in [0.05, 0.1) is 13.2 Å². The summed E-state index contributed by atoms with van der Waals surface area (Å²) in [6, 6.07) is 0. The summed E-state index contributed by atoms with van der Waals surface area (Å²) in [6.07, 6.45) is 9.72. The minimum atomic E-state index is -0.342. The van der Waals surface area contributed by atoms with Gasteiger partial charge in [-0.2, -0.15) is 0 Å². The van der Waals surface area contributed by atoms with E-state index in [-0.39, 0.29) is 11.9 Å². The number of unbranched alkanes of at least 4 members (excludes halogenated alkanes) is 4. The number of esters is 2. The van der Waals surface area contributed by atoms with Crippen molar-refractivity contribution in [2.24, 2.45) is 17.4 Å². The molecule has 0 spiro atoms. The van der Waals surface area contributed by atoms with Crippen molar-refractivity contribution in [3.05, 3.63) is 25.3 Å². The first-order chi connectivity index (χ1) is 12.0. The Morgan fingerprint density at radius 1 is 0.880 bits per heavy atom. The number of carbonyl (C=O) groups is 2. The van der Waals surface area contributed by atoms with Crippen molar-refractivity contribution in [2.45, 2.75) is 51.9 Å². The predicted octanol–water partition coefficient (Wildman–Crippen LogP) is 2.72. The lowest BCUT2D eigenvalue weighted by Gasteiger charge is -2.10. The normalized spacial score (nSPS) is 10.8. The van der Waals surface area contributed by atoms with Crippen LogP contribution in [-0.2, 0) is 19.1 Å². The van der Waals surface area contributed by atoms with Crippen molar-refractivity contribution >= 4 is 11.9 Å². The van der Waals surface area contributed by atoms with Gasteiger partial charge >= 0.3 is 11.9 Å². The summed E-state index contributed by atoms with van der Waals surface area (Å²) in [5.74, 6) is -0.269. The third-order valence-corrected chi connectivity index (χ3v) is 3.34. The summed E-state index contributed by atoms with van der Waals surface area (Å²) < 4.78 is 9.68. The van der Waals surface area contributed by atoms with Crippen LogP contribution in [0.4, 0.5) is 0 Å². The van der Waals surface area contributed by atoms with Crippen LogP contribution in [0.25, 0.3) is 0 Å². The average molecular weight is 357 g/mol. The maximum atomic E-state index is 10.7. The Balaban J connectivity index is 0. The Bertz CT molecular complexity index is 359. The summed E-state index contributed by atoms with van der Waals surface area (Å²) in [4.78, 5) is 21.2. The third-order valence-electron chi connectivity index (χ3n) is 3.34. The zero-order valence-corrected chi connectivity index (χ0v) is 15.7. The topological polar surface area (TPSA) is 105 Å². The minimum absolute atomic E-state index is 0.339. The van der Waals surface area contributed by atoms with Gasteiger partial charge in [0, 0.05) is 12.2 Å². The Morgan fingerprint density at radius 2 is 1.40 bits per heavy atom. The molecule has 146 valence electrons. The lowest BCUT2D eigenvalue weighted by atomic mass is 10.1. The lowest BCUT2D eigenvalue weighted by Crippen LogP contribution is -2.10. The van der Waals surface area contributed by atoms with Gasteiger partial charge in [-0.05, 0) is 44.7 Å². The first-order valence-corrected chi connectivity index (χ1v) is 9.00. The summed E-state index contributed by atoms with van der Waals surface area (Å²) in [6.45, 7) is 11.1. The summed E-state index contributed by atoms with van der Waals surface area (Å²) >= 11 is 0. The molecule has 0 heterocycles. The fourth-order valence-electron chi connectivity index (χ4n) is 1.84. The van der Waals surface area contributed by atoms with E-state index in [9.17, 15) is 9.59 Å². The molecule has 6 nitrogen and oxygen atoms in total. The van der Waals surface area contributed by atoms with E-state index in [0.29, 0.717) is 19.1 Å². The molecular formula is C19H36N2O4. The Kier molecular flexibility index (Phi) is 20.9. The summed E-state index contributed by atoms with van der Waals surface area (Å²) in [7, 11) is 0. The van der Waals surface area contributed by atoms with E-state index >= 15 is 0 Å². The highest BCUT2D eigenvalue weighted by Gasteiger charge is 2.04. The van der Waals surface area contributed by atoms with Crippen LogP contribution >= 0.6 is 0 Å². The van der Waals surface area contributed by atoms with Crippen LogP contribution in [-0.4, -0.2) is 38.2 Å². The third kappa shape index (κ3) is 22.3. The highest BCUT2D eigenvalue weighted by Crippen LogP contribution is 2.07. The van der Waals surface area contributed by atoms with Gasteiger partial charge < -0.3 is 20.9 Å². The van der Waals surface area contributed by atoms with Crippen molar-refractivity contribution in [1.29, 1.82) is 0 Å². The standard InChI is InChI=1S/C10H19NO2.C9H17NO2/c1-3-10(12)13-8-9(2)6-4-5-7-11;1-2-9(11)12-8-6-4-3-5-7-10/h3,9H,1,4-8,11H2,2H3;2H,1,3-8,10H2. The molecule has 6 heteroatoms. The molecule has 0 aliphatic rings. The van der Waals surface area contributed by atoms with Gasteiger partial charge in [0.1, 0.15) is 0 Å². The average Bonchev–Trinajstić information content (AvgIpc) is 2.63. The second kappa shape index (κ2) is 20.4. The van der Waals surface area contributed by atoms with Crippen LogP contribution in [0.3, 0.4) is 0 Å². The second-order valence-corrected chi connectivity index (χ2v) is 5.80. The maximum absolute atomic E-state index is 10.7. The molecule has 4 N–H and O–H groups in total. The van der Waals surface area contributed by atoms with Gasteiger partial charge in [0.2, 0.25) is 0 Å². The van der Waals surface area contributed by atoms with E-state index in [0.717, 1.165) is 58.0 Å². The van der Waals surface area contributed by atoms with Crippen molar-refractivity contribution in [3.63, 3.8) is 0 Å². The van der Waals surface area contributed by atoms with E-state index in [4.69, 9.17) is 20.9 Å². The maximum Gasteiger partial charge on any atom is 0.330 e. The predicted molar refractivity (Wildman–Crippen MR) is 102 cm³/mol. The fraction of sp³-hybridized carbons (Fsp3) is 0.684. The van der Waals surface area contributed by atoms with E-state index in [1.54, 1.807) is 0 Å². The molecule has 0 aromatic rings. The van der Waals surface area contributed by atoms with Gasteiger partial charge in [0.25, 0.3) is 0 Å². The number of rotatable bonds is 14. The van der Waals surface area contributed by atoms with Gasteiger partial charge in [-0.3, -0.25) is 0 Å². The molecule has 0 aliphatic carbocycles. The molecule has 0 bridgehead atoms. The quantitative estimate of drug-likeness (QED) is 0.282. The molecule has 0 aliphatic heterocycles. The molecule has 0 rings (SSSR count). The molecule has 0 aromatic carbocycles. The number of ether oxygens (including phenoxy) is 2. The van der Waals surface area contributed by atoms with Crippen molar-refractivity contribution in [1.82, 2.24) is 0 Å². The van der Waals surface area contributed by atoms with Gasteiger partial charge in [-0.25, -0.2) is 9.59 Å². The molecule has 1 atom stereocenters. The second-order valence-electron chi connectivity index (χ2n) is 5.80. The molecule has 0 aromatic heterocycles. The smallest absolute Gasteiger partial charge is 0.330 e. The molecule has 1 unspecified atom stereocenters. The van der Waals surface area contributed by atoms with Gasteiger partial charge in [-0.1, -0.05) is 39.3 Å². The molecular weight excluding hydrogens is 320 g/mol. The zero-order chi connectivity index (χ0) is 19.3. The Hall–Kier alpha value is -1.66. The Morgan fingerprint density at radius 3 is 1.96 bits per heavy atom. The number of hydrogen-bond donors (Lipinski definition) is 2. The SMILES string of the molecule is C=CC(=O)OCC(C)CCCCN.C=CC(=O)OCCCCCCN. The van der Waals surface area contributed by atoms with Crippen molar-refractivity contribution < 1.29 is 19.1 Å². The highest BCUT2D eigenvalue weighted by atomic mass is 16.5. The van der Waals surface area contributed by atoms with Gasteiger partial charge in [0.15, 0.2) is 0 Å². The van der Waals surface area contributed by atoms with Gasteiger partial charge in [-0.15, -0.1) is 0 Å². The van der Waals surface area contributed by atoms with Crippen molar-refractivity contribution in [2.75, 3.05) is 26.3 Å². The molecule has 0 fully saturated rings. The Labute approximate surface area is 152 Å². The van der Waals surface area contributed by atoms with E-state index in [1.807, 2.05) is 0 Å². The van der Waals surface area contributed by atoms with Crippen LogP contribution in [0.5, 0.6) is 0 Å². The van der Waals surface area contributed by atoms with Crippen LogP contribution in [0.15, 0.2) is 25.3 Å². The molecule has 0 saturated heterocycles. The first kappa shape index (κ1) is 25.6. The molecule has 25 heavy (non-hydrogen) atoms. The number of carbonyl (C=O) groups excluding carboxylic acids is 2. The molecule has 0 saturated carbocycles. The lowest BCUT2D eigenvalue weighted by molar-refractivity contribution is -0.139. The summed E-state index contributed by atoms with van der Waals surface area (Å²) in [5, 5.41) is 0. The minimum Gasteiger partial charge on any atom is -0.463 e. The molecule has 0 amide bonds. The largest absolute Gasteiger partial charge is 0.463 e. The number of nitrogens with two attached hydrogens (primary N) is 2. The number of hydrogen-bond acceptors (Lipinski definition) is 6. The fourth-order valence-corrected chi connectivity index (χ4v) is 1.84. The van der Waals surface area contributed by atoms with Crippen LogP contribution < -0.4 is 11.5 Å². The van der Waals surface area contributed by atoms with Crippen LogP contribution in [0.1, 0.15) is 51.9 Å². The monoisotopic (exact) mass is 356 g/mol. The molecule has 0 radical (unpaired) electrons. The summed E-state index contributed by atoms with van der Waals surface area (Å²) in [5.41, 5.74) is 10.7. The zero-order valence-electron chi connectivity index (χ0n) is 15.7. The van der Waals surface area contributed by atoms with Crippen LogP contribution in [0.2, 0.25) is 0 Å². The van der Waals surface area contributed by atoms with Crippen molar-refractivity contribution in [3.8, 4) is 0 Å². The van der Waals surface area contributed by atoms with E-state index in [2.05, 4.69) is 20.1 Å². The van der Waals surface area contributed by atoms with Crippen LogP contribution in [0, 0.1) is 5.92 Å². The highest BCUT2D eigenvalue weighted by molar-refractivity contribution is 5.81.